The molecule has 1 amide bonds. The summed E-state index contributed by atoms with van der Waals surface area (Å²) in [6.45, 7) is 6.31. The van der Waals surface area contributed by atoms with Gasteiger partial charge in [0, 0.05) is 19.0 Å². The summed E-state index contributed by atoms with van der Waals surface area (Å²) >= 11 is 0. The van der Waals surface area contributed by atoms with Crippen LogP contribution in [0, 0.1) is 5.41 Å². The second-order valence-corrected chi connectivity index (χ2v) is 6.14. The lowest BCUT2D eigenvalue weighted by molar-refractivity contribution is -0.149. The van der Waals surface area contributed by atoms with Crippen molar-refractivity contribution in [2.75, 3.05) is 6.54 Å². The molecule has 19 heavy (non-hydrogen) atoms. The Morgan fingerprint density at radius 2 is 2.05 bits per heavy atom. The Bertz CT molecular complexity index is 338. The molecule has 3 unspecified atom stereocenters. The van der Waals surface area contributed by atoms with Gasteiger partial charge in [-0.15, -0.1) is 0 Å². The van der Waals surface area contributed by atoms with Gasteiger partial charge in [-0.1, -0.05) is 20.8 Å². The molecule has 1 aliphatic heterocycles. The van der Waals surface area contributed by atoms with E-state index >= 15 is 0 Å². The molecule has 0 aromatic heterocycles. The van der Waals surface area contributed by atoms with E-state index in [-0.39, 0.29) is 29.9 Å². The highest BCUT2D eigenvalue weighted by Crippen LogP contribution is 2.20. The van der Waals surface area contributed by atoms with Crippen molar-refractivity contribution in [3.8, 4) is 0 Å². The number of ether oxygens (including phenoxy) is 1. The van der Waals surface area contributed by atoms with Crippen LogP contribution in [0.1, 0.15) is 40.0 Å². The van der Waals surface area contributed by atoms with E-state index in [4.69, 9.17) is 15.6 Å². The van der Waals surface area contributed by atoms with Crippen LogP contribution in [0.2, 0.25) is 0 Å². The summed E-state index contributed by atoms with van der Waals surface area (Å²) in [6.07, 6.45) is 0.466. The van der Waals surface area contributed by atoms with Crippen LogP contribution in [0.3, 0.4) is 0 Å². The maximum Gasteiger partial charge on any atom is 0.332 e. The molecule has 110 valence electrons. The number of amides is 1. The molecule has 6 nitrogen and oxygen atoms in total. The fourth-order valence-electron chi connectivity index (χ4n) is 1.84. The number of hydrogen-bond donors (Lipinski definition) is 3. The molecule has 0 spiro atoms. The lowest BCUT2D eigenvalue weighted by Gasteiger charge is -2.26. The molecule has 0 bridgehead atoms. The van der Waals surface area contributed by atoms with Crippen molar-refractivity contribution < 1.29 is 19.4 Å². The zero-order chi connectivity index (χ0) is 14.6. The first-order valence-corrected chi connectivity index (χ1v) is 6.60. The summed E-state index contributed by atoms with van der Waals surface area (Å²) in [7, 11) is 0. The average molecular weight is 272 g/mol. The van der Waals surface area contributed by atoms with E-state index in [0.717, 1.165) is 0 Å². The first-order chi connectivity index (χ1) is 8.70. The molecule has 0 aromatic rings. The maximum absolute atomic E-state index is 11.7. The van der Waals surface area contributed by atoms with Crippen molar-refractivity contribution in [2.45, 2.75) is 58.3 Å². The Balaban J connectivity index is 2.26. The van der Waals surface area contributed by atoms with Gasteiger partial charge in [-0.3, -0.25) is 4.79 Å². The lowest BCUT2D eigenvalue weighted by Crippen LogP contribution is -2.41. The lowest BCUT2D eigenvalue weighted by atomic mass is 9.85. The van der Waals surface area contributed by atoms with Crippen LogP contribution in [-0.2, 0) is 14.3 Å². The van der Waals surface area contributed by atoms with Crippen molar-refractivity contribution in [1.82, 2.24) is 5.32 Å². The average Bonchev–Trinajstić information content (AvgIpc) is 2.73. The van der Waals surface area contributed by atoms with Crippen molar-refractivity contribution in [1.29, 1.82) is 0 Å². The fraction of sp³-hybridized carbons (Fsp3) is 0.846. The van der Waals surface area contributed by atoms with Crippen molar-refractivity contribution in [3.63, 3.8) is 0 Å². The van der Waals surface area contributed by atoms with Crippen LogP contribution in [0.25, 0.3) is 0 Å². The summed E-state index contributed by atoms with van der Waals surface area (Å²) in [5.74, 6) is -1.06. The molecule has 1 saturated heterocycles. The number of hydrogen-bond acceptors (Lipinski definition) is 4. The van der Waals surface area contributed by atoms with Gasteiger partial charge in [0.05, 0.1) is 6.10 Å². The molecule has 3 atom stereocenters. The zero-order valence-electron chi connectivity index (χ0n) is 11.8. The van der Waals surface area contributed by atoms with E-state index in [1.54, 1.807) is 0 Å². The largest absolute Gasteiger partial charge is 0.479 e. The monoisotopic (exact) mass is 272 g/mol. The van der Waals surface area contributed by atoms with Crippen LogP contribution in [0.4, 0.5) is 0 Å². The van der Waals surface area contributed by atoms with Gasteiger partial charge < -0.3 is 20.9 Å². The number of nitrogens with two attached hydrogens (primary N) is 1. The highest BCUT2D eigenvalue weighted by Gasteiger charge is 2.30. The van der Waals surface area contributed by atoms with Gasteiger partial charge in [0.2, 0.25) is 5.91 Å². The third kappa shape index (κ3) is 5.16. The number of carbonyl (C=O) groups is 2. The maximum atomic E-state index is 11.7. The number of carboxylic acids is 1. The fourth-order valence-corrected chi connectivity index (χ4v) is 1.84. The molecule has 1 rings (SSSR count). The summed E-state index contributed by atoms with van der Waals surface area (Å²) in [4.78, 5) is 22.4. The normalized spacial score (nSPS) is 25.1. The standard InChI is InChI=1S/C13H24N2O4/c1-13(2,3)10(14)6-11(16)15-7-8-4-5-9(19-8)12(17)18/h8-10H,4-7,14H2,1-3H3,(H,15,16)(H,17,18). The van der Waals surface area contributed by atoms with Crippen LogP contribution in [0.5, 0.6) is 0 Å². The van der Waals surface area contributed by atoms with Gasteiger partial charge >= 0.3 is 5.97 Å². The number of nitrogens with one attached hydrogen (secondary N) is 1. The molecular formula is C13H24N2O4. The number of rotatable bonds is 5. The van der Waals surface area contributed by atoms with E-state index in [2.05, 4.69) is 5.32 Å². The van der Waals surface area contributed by atoms with Crippen LogP contribution >= 0.6 is 0 Å². The molecule has 0 aromatic carbocycles. The molecule has 4 N–H and O–H groups in total. The second kappa shape index (κ2) is 6.34. The van der Waals surface area contributed by atoms with Gasteiger partial charge in [-0.05, 0) is 18.3 Å². The minimum Gasteiger partial charge on any atom is -0.479 e. The van der Waals surface area contributed by atoms with E-state index in [1.807, 2.05) is 20.8 Å². The molecule has 0 saturated carbocycles. The Hall–Kier alpha value is -1.14. The van der Waals surface area contributed by atoms with Gasteiger partial charge in [0.15, 0.2) is 6.10 Å². The van der Waals surface area contributed by atoms with E-state index in [0.29, 0.717) is 19.4 Å². The quantitative estimate of drug-likeness (QED) is 0.676. The smallest absolute Gasteiger partial charge is 0.332 e. The van der Waals surface area contributed by atoms with E-state index < -0.39 is 12.1 Å². The molecule has 6 heteroatoms. The van der Waals surface area contributed by atoms with Gasteiger partial charge in [0.25, 0.3) is 0 Å². The van der Waals surface area contributed by atoms with E-state index in [9.17, 15) is 9.59 Å². The molecule has 1 aliphatic rings. The van der Waals surface area contributed by atoms with Gasteiger partial charge in [-0.2, -0.15) is 0 Å². The molecular weight excluding hydrogens is 248 g/mol. The Morgan fingerprint density at radius 1 is 1.42 bits per heavy atom. The number of carbonyl (C=O) groups excluding carboxylic acids is 1. The minimum absolute atomic E-state index is 0.115. The van der Waals surface area contributed by atoms with Crippen LogP contribution < -0.4 is 11.1 Å². The molecule has 1 fully saturated rings. The Kier molecular flexibility index (Phi) is 5.31. The van der Waals surface area contributed by atoms with Gasteiger partial charge in [-0.25, -0.2) is 4.79 Å². The first-order valence-electron chi connectivity index (χ1n) is 6.60. The van der Waals surface area contributed by atoms with Crippen molar-refractivity contribution in [2.24, 2.45) is 11.1 Å². The zero-order valence-corrected chi connectivity index (χ0v) is 11.8. The van der Waals surface area contributed by atoms with Crippen LogP contribution in [0.15, 0.2) is 0 Å². The minimum atomic E-state index is -0.941. The van der Waals surface area contributed by atoms with Crippen molar-refractivity contribution >= 4 is 11.9 Å². The Morgan fingerprint density at radius 3 is 2.53 bits per heavy atom. The first kappa shape index (κ1) is 15.9. The van der Waals surface area contributed by atoms with Gasteiger partial charge in [0.1, 0.15) is 0 Å². The third-order valence-electron chi connectivity index (χ3n) is 3.43. The number of carboxylic acid groups (broad SMARTS) is 1. The summed E-state index contributed by atoms with van der Waals surface area (Å²) in [6, 6.07) is -0.205. The SMILES string of the molecule is CC(C)(C)C(N)CC(=O)NCC1CCC(C(=O)O)O1. The molecule has 0 aliphatic carbocycles. The molecule has 0 radical (unpaired) electrons. The highest BCUT2D eigenvalue weighted by molar-refractivity contribution is 5.76. The van der Waals surface area contributed by atoms with Crippen LogP contribution in [-0.4, -0.2) is 41.8 Å². The topological polar surface area (TPSA) is 102 Å². The summed E-state index contributed by atoms with van der Waals surface area (Å²) in [5, 5.41) is 11.5. The second-order valence-electron chi connectivity index (χ2n) is 6.14. The summed E-state index contributed by atoms with van der Waals surface area (Å²) < 4.78 is 5.30. The van der Waals surface area contributed by atoms with E-state index in [1.165, 1.54) is 0 Å². The molecule has 1 heterocycles. The number of aliphatic carboxylic acids is 1. The summed E-state index contributed by atoms with van der Waals surface area (Å²) in [5.41, 5.74) is 5.81. The predicted molar refractivity (Wildman–Crippen MR) is 70.6 cm³/mol. The van der Waals surface area contributed by atoms with Crippen molar-refractivity contribution in [3.05, 3.63) is 0 Å². The predicted octanol–water partition coefficient (Wildman–Crippen LogP) is 0.498. The third-order valence-corrected chi connectivity index (χ3v) is 3.43. The highest BCUT2D eigenvalue weighted by atomic mass is 16.5. The Labute approximate surface area is 113 Å².